The van der Waals surface area contributed by atoms with Gasteiger partial charge in [0.25, 0.3) is 5.91 Å². The molecule has 0 radical (unpaired) electrons. The zero-order valence-electron chi connectivity index (χ0n) is 18.5. The van der Waals surface area contributed by atoms with Crippen LogP contribution in [0.1, 0.15) is 49.5 Å². The average Bonchev–Trinajstić information content (AvgIpc) is 3.09. The van der Waals surface area contributed by atoms with Gasteiger partial charge in [0.15, 0.2) is 14.6 Å². The first-order valence-corrected chi connectivity index (χ1v) is 12.8. The maximum Gasteiger partial charge on any atom is 0.326 e. The van der Waals surface area contributed by atoms with Gasteiger partial charge < -0.3 is 9.30 Å². The standard InChI is InChI=1S/C23H26N2O5S2/c1-5-30-21(26)14-25-18-12-11-16(15(3)4)13-19(18)31-23(25)24-22(27)17-9-7-8-10-20(17)32(28,29)6-2/h7-13,15H,5-6,14H2,1-4H3. The molecule has 0 fully saturated rings. The predicted molar refractivity (Wildman–Crippen MR) is 125 cm³/mol. The normalized spacial score (nSPS) is 12.5. The van der Waals surface area contributed by atoms with Gasteiger partial charge in [0.1, 0.15) is 6.54 Å². The molecule has 0 aliphatic carbocycles. The van der Waals surface area contributed by atoms with Gasteiger partial charge in [-0.05, 0) is 42.7 Å². The Kier molecular flexibility index (Phi) is 7.30. The fourth-order valence-electron chi connectivity index (χ4n) is 3.24. The van der Waals surface area contributed by atoms with E-state index in [1.54, 1.807) is 23.6 Å². The SMILES string of the molecule is CCOC(=O)Cn1c(=NC(=O)c2ccccc2S(=O)(=O)CC)sc2cc(C(C)C)ccc21. The lowest BCUT2D eigenvalue weighted by Crippen LogP contribution is -2.23. The largest absolute Gasteiger partial charge is 0.465 e. The van der Waals surface area contributed by atoms with Crippen LogP contribution in [0.25, 0.3) is 10.2 Å². The van der Waals surface area contributed by atoms with Crippen molar-refractivity contribution in [3.05, 3.63) is 58.4 Å². The van der Waals surface area contributed by atoms with Crippen molar-refractivity contribution < 1.29 is 22.7 Å². The van der Waals surface area contributed by atoms with Crippen molar-refractivity contribution in [2.45, 2.75) is 45.1 Å². The van der Waals surface area contributed by atoms with Crippen LogP contribution in [-0.4, -0.2) is 37.2 Å². The smallest absolute Gasteiger partial charge is 0.326 e. The number of benzene rings is 2. The Hall–Kier alpha value is -2.78. The first-order valence-electron chi connectivity index (χ1n) is 10.4. The Balaban J connectivity index is 2.19. The Morgan fingerprint density at radius 3 is 2.50 bits per heavy atom. The summed E-state index contributed by atoms with van der Waals surface area (Å²) in [6, 6.07) is 11.9. The number of aromatic nitrogens is 1. The third-order valence-corrected chi connectivity index (χ3v) is 7.82. The van der Waals surface area contributed by atoms with Gasteiger partial charge in [0, 0.05) is 0 Å². The lowest BCUT2D eigenvalue weighted by atomic mass is 10.0. The van der Waals surface area contributed by atoms with Gasteiger partial charge in [-0.15, -0.1) is 0 Å². The molecule has 0 bridgehead atoms. The number of nitrogens with zero attached hydrogens (tertiary/aromatic N) is 2. The summed E-state index contributed by atoms with van der Waals surface area (Å²) >= 11 is 1.28. The van der Waals surface area contributed by atoms with E-state index in [1.807, 2.05) is 18.2 Å². The van der Waals surface area contributed by atoms with Crippen LogP contribution in [0.5, 0.6) is 0 Å². The number of thiazole rings is 1. The average molecular weight is 475 g/mol. The molecule has 0 aliphatic rings. The minimum absolute atomic E-state index is 0.0114. The van der Waals surface area contributed by atoms with Crippen molar-refractivity contribution in [3.63, 3.8) is 0 Å². The topological polar surface area (TPSA) is 94.8 Å². The number of sulfone groups is 1. The number of hydrogen-bond donors (Lipinski definition) is 0. The highest BCUT2D eigenvalue weighted by Gasteiger charge is 2.21. The van der Waals surface area contributed by atoms with E-state index < -0.39 is 21.7 Å². The summed E-state index contributed by atoms with van der Waals surface area (Å²) in [6.07, 6.45) is 0. The number of amides is 1. The lowest BCUT2D eigenvalue weighted by molar-refractivity contribution is -0.143. The van der Waals surface area contributed by atoms with Gasteiger partial charge in [0.2, 0.25) is 0 Å². The molecule has 0 unspecified atom stereocenters. The molecule has 0 aliphatic heterocycles. The van der Waals surface area contributed by atoms with E-state index >= 15 is 0 Å². The van der Waals surface area contributed by atoms with Crippen LogP contribution >= 0.6 is 11.3 Å². The molecule has 3 aromatic rings. The summed E-state index contributed by atoms with van der Waals surface area (Å²) in [5.74, 6) is -0.928. The van der Waals surface area contributed by atoms with Crippen molar-refractivity contribution in [1.82, 2.24) is 4.57 Å². The molecule has 1 amide bonds. The van der Waals surface area contributed by atoms with Crippen LogP contribution in [0.4, 0.5) is 0 Å². The Labute approximate surface area is 191 Å². The van der Waals surface area contributed by atoms with E-state index in [2.05, 4.69) is 18.8 Å². The van der Waals surface area contributed by atoms with E-state index in [9.17, 15) is 18.0 Å². The Morgan fingerprint density at radius 2 is 1.84 bits per heavy atom. The predicted octanol–water partition coefficient (Wildman–Crippen LogP) is 3.92. The summed E-state index contributed by atoms with van der Waals surface area (Å²) in [4.78, 5) is 29.8. The second kappa shape index (κ2) is 9.79. The third-order valence-electron chi connectivity index (χ3n) is 5.00. The summed E-state index contributed by atoms with van der Waals surface area (Å²) in [7, 11) is -3.60. The third kappa shape index (κ3) is 4.99. The Morgan fingerprint density at radius 1 is 1.12 bits per heavy atom. The Bertz CT molecular complexity index is 1330. The van der Waals surface area contributed by atoms with Gasteiger partial charge in [-0.1, -0.05) is 50.3 Å². The molecule has 1 heterocycles. The molecular formula is C23H26N2O5S2. The summed E-state index contributed by atoms with van der Waals surface area (Å²) in [6.45, 7) is 7.56. The lowest BCUT2D eigenvalue weighted by Gasteiger charge is -2.08. The van der Waals surface area contributed by atoms with Crippen molar-refractivity contribution in [1.29, 1.82) is 0 Å². The number of carbonyl (C=O) groups excluding carboxylic acids is 2. The maximum absolute atomic E-state index is 13.1. The van der Waals surface area contributed by atoms with E-state index in [1.165, 1.54) is 30.4 Å². The van der Waals surface area contributed by atoms with Gasteiger partial charge in [-0.3, -0.25) is 9.59 Å². The van der Waals surface area contributed by atoms with Crippen molar-refractivity contribution in [3.8, 4) is 0 Å². The first-order chi connectivity index (χ1) is 15.2. The zero-order valence-corrected chi connectivity index (χ0v) is 20.1. The summed E-state index contributed by atoms with van der Waals surface area (Å²) < 4.78 is 32.5. The van der Waals surface area contributed by atoms with Gasteiger partial charge in [-0.2, -0.15) is 4.99 Å². The molecular weight excluding hydrogens is 448 g/mol. The van der Waals surface area contributed by atoms with Crippen LogP contribution in [0.15, 0.2) is 52.4 Å². The van der Waals surface area contributed by atoms with Crippen LogP contribution < -0.4 is 4.80 Å². The molecule has 170 valence electrons. The first kappa shape index (κ1) is 23.9. The highest BCUT2D eigenvalue weighted by molar-refractivity contribution is 7.91. The molecule has 1 aromatic heterocycles. The van der Waals surface area contributed by atoms with Gasteiger partial charge in [-0.25, -0.2) is 8.42 Å². The van der Waals surface area contributed by atoms with Crippen molar-refractivity contribution >= 4 is 43.3 Å². The second-order valence-corrected chi connectivity index (χ2v) is 10.7. The fourth-order valence-corrected chi connectivity index (χ4v) is 5.40. The minimum Gasteiger partial charge on any atom is -0.465 e. The number of rotatable bonds is 7. The van der Waals surface area contributed by atoms with Gasteiger partial charge >= 0.3 is 5.97 Å². The van der Waals surface area contributed by atoms with Crippen LogP contribution in [0.3, 0.4) is 0 Å². The van der Waals surface area contributed by atoms with Gasteiger partial charge in [0.05, 0.1) is 33.0 Å². The van der Waals surface area contributed by atoms with Crippen LogP contribution in [0, 0.1) is 0 Å². The molecule has 32 heavy (non-hydrogen) atoms. The van der Waals surface area contributed by atoms with E-state index in [0.717, 1.165) is 15.8 Å². The molecule has 0 saturated carbocycles. The molecule has 9 heteroatoms. The summed E-state index contributed by atoms with van der Waals surface area (Å²) in [5, 5.41) is 0. The summed E-state index contributed by atoms with van der Waals surface area (Å²) in [5.41, 5.74) is 1.89. The van der Waals surface area contributed by atoms with Crippen molar-refractivity contribution in [2.24, 2.45) is 4.99 Å². The molecule has 0 N–H and O–H groups in total. The van der Waals surface area contributed by atoms with E-state index in [-0.39, 0.29) is 29.4 Å². The molecule has 3 rings (SSSR count). The number of esters is 1. The molecule has 7 nitrogen and oxygen atoms in total. The van der Waals surface area contributed by atoms with Crippen LogP contribution in [-0.2, 0) is 25.9 Å². The number of fused-ring (bicyclic) bond motifs is 1. The molecule has 0 saturated heterocycles. The zero-order chi connectivity index (χ0) is 23.5. The molecule has 2 aromatic carbocycles. The van der Waals surface area contributed by atoms with Crippen LogP contribution in [0.2, 0.25) is 0 Å². The maximum atomic E-state index is 13.1. The fraction of sp³-hybridized carbons (Fsp3) is 0.348. The number of ether oxygens (including phenoxy) is 1. The minimum atomic E-state index is -3.60. The number of carbonyl (C=O) groups is 2. The number of hydrogen-bond acceptors (Lipinski definition) is 6. The van der Waals surface area contributed by atoms with E-state index in [0.29, 0.717) is 10.7 Å². The molecule has 0 atom stereocenters. The van der Waals surface area contributed by atoms with Crippen molar-refractivity contribution in [2.75, 3.05) is 12.4 Å². The monoisotopic (exact) mass is 474 g/mol. The highest BCUT2D eigenvalue weighted by atomic mass is 32.2. The molecule has 0 spiro atoms. The highest BCUT2D eigenvalue weighted by Crippen LogP contribution is 2.24. The van der Waals surface area contributed by atoms with E-state index in [4.69, 9.17) is 4.74 Å². The quantitative estimate of drug-likeness (QED) is 0.484. The second-order valence-electron chi connectivity index (χ2n) is 7.47.